The molecule has 4 nitrogen and oxygen atoms in total. The van der Waals surface area contributed by atoms with E-state index in [0.717, 1.165) is 82.8 Å². The first kappa shape index (κ1) is 26.2. The highest BCUT2D eigenvalue weighted by atomic mass is 32.2. The summed E-state index contributed by atoms with van der Waals surface area (Å²) in [4.78, 5) is 0.712. The van der Waals surface area contributed by atoms with Gasteiger partial charge in [-0.25, -0.2) is 8.42 Å². The van der Waals surface area contributed by atoms with E-state index < -0.39 is 15.3 Å². The largest absolute Gasteiger partial charge is 0.454 e. The molecule has 0 unspecified atom stereocenters. The van der Waals surface area contributed by atoms with E-state index in [-0.39, 0.29) is 0 Å². The van der Waals surface area contributed by atoms with E-state index in [2.05, 4.69) is 95.6 Å². The number of furan rings is 1. The standard InChI is InChI=1S/C43H25NO3S/c45-48(46)40-23-10-7-19-34(40)43(32-17-5-1-12-26(32)27-13-2-6-18-33(27)43)35-25-38-31(24-41(35)48)28-14-3-8-20-36(28)44(38)37-21-11-16-30-29-15-4-9-22-39(29)47-42(30)37/h1-25H. The second-order valence-corrected chi connectivity index (χ2v) is 14.7. The Morgan fingerprint density at radius 2 is 1.10 bits per heavy atom. The van der Waals surface area contributed by atoms with Crippen LogP contribution in [0.25, 0.3) is 60.6 Å². The van der Waals surface area contributed by atoms with Crippen LogP contribution in [0.5, 0.6) is 0 Å². The number of rotatable bonds is 1. The maximum absolute atomic E-state index is 14.8. The fourth-order valence-electron chi connectivity index (χ4n) is 8.77. The van der Waals surface area contributed by atoms with E-state index in [9.17, 15) is 8.42 Å². The van der Waals surface area contributed by atoms with Crippen molar-refractivity contribution in [3.05, 3.63) is 174 Å². The molecule has 7 aromatic carbocycles. The molecule has 11 rings (SSSR count). The van der Waals surface area contributed by atoms with Crippen molar-refractivity contribution in [1.29, 1.82) is 0 Å². The number of para-hydroxylation sites is 3. The molecule has 9 aromatic rings. The fraction of sp³-hybridized carbons (Fsp3) is 0.0233. The predicted octanol–water partition coefficient (Wildman–Crippen LogP) is 10.2. The molecule has 0 bridgehead atoms. The Labute approximate surface area is 276 Å². The molecule has 2 aromatic heterocycles. The van der Waals surface area contributed by atoms with Gasteiger partial charge in [0, 0.05) is 21.5 Å². The molecule has 0 atom stereocenters. The number of nitrogens with zero attached hydrogens (tertiary/aromatic N) is 1. The molecule has 1 aliphatic carbocycles. The molecule has 0 fully saturated rings. The first-order valence-electron chi connectivity index (χ1n) is 16.1. The van der Waals surface area contributed by atoms with E-state index in [0.29, 0.717) is 9.79 Å². The van der Waals surface area contributed by atoms with E-state index in [4.69, 9.17) is 4.42 Å². The van der Waals surface area contributed by atoms with E-state index in [1.165, 1.54) is 0 Å². The van der Waals surface area contributed by atoms with Gasteiger partial charge in [0.15, 0.2) is 5.58 Å². The van der Waals surface area contributed by atoms with Gasteiger partial charge in [-0.15, -0.1) is 0 Å². The molecule has 0 radical (unpaired) electrons. The number of hydrogen-bond donors (Lipinski definition) is 0. The van der Waals surface area contributed by atoms with Gasteiger partial charge < -0.3 is 8.98 Å². The summed E-state index contributed by atoms with van der Waals surface area (Å²) in [5, 5.41) is 3.97. The molecule has 2 aliphatic rings. The first-order valence-corrected chi connectivity index (χ1v) is 17.6. The van der Waals surface area contributed by atoms with Crippen LogP contribution in [0.3, 0.4) is 0 Å². The highest BCUT2D eigenvalue weighted by molar-refractivity contribution is 7.91. The van der Waals surface area contributed by atoms with Crippen LogP contribution in [0.1, 0.15) is 22.3 Å². The molecule has 5 heteroatoms. The van der Waals surface area contributed by atoms with Gasteiger partial charge in [-0.2, -0.15) is 0 Å². The van der Waals surface area contributed by atoms with Crippen LogP contribution >= 0.6 is 0 Å². The number of aromatic nitrogens is 1. The molecular weight excluding hydrogens is 611 g/mol. The number of sulfone groups is 1. The molecular formula is C43H25NO3S. The van der Waals surface area contributed by atoms with Gasteiger partial charge in [0.05, 0.1) is 31.9 Å². The number of hydrogen-bond acceptors (Lipinski definition) is 3. The molecule has 48 heavy (non-hydrogen) atoms. The van der Waals surface area contributed by atoms with Crippen LogP contribution in [0.15, 0.2) is 166 Å². The van der Waals surface area contributed by atoms with Gasteiger partial charge in [0.2, 0.25) is 9.84 Å². The van der Waals surface area contributed by atoms with Crippen molar-refractivity contribution in [1.82, 2.24) is 4.57 Å². The highest BCUT2D eigenvalue weighted by Gasteiger charge is 2.53. The molecule has 0 amide bonds. The van der Waals surface area contributed by atoms with Crippen LogP contribution in [-0.2, 0) is 15.3 Å². The first-order chi connectivity index (χ1) is 23.6. The van der Waals surface area contributed by atoms with Crippen LogP contribution in [0.2, 0.25) is 0 Å². The van der Waals surface area contributed by atoms with Gasteiger partial charge in [0.25, 0.3) is 0 Å². The smallest absolute Gasteiger partial charge is 0.207 e. The molecule has 1 aliphatic heterocycles. The maximum Gasteiger partial charge on any atom is 0.207 e. The Morgan fingerprint density at radius 1 is 0.479 bits per heavy atom. The van der Waals surface area contributed by atoms with Gasteiger partial charge in [-0.1, -0.05) is 115 Å². The van der Waals surface area contributed by atoms with Crippen molar-refractivity contribution in [3.8, 4) is 16.8 Å². The Bertz CT molecular complexity index is 2940. The summed E-state index contributed by atoms with van der Waals surface area (Å²) in [6.45, 7) is 0. The summed E-state index contributed by atoms with van der Waals surface area (Å²) in [6.07, 6.45) is 0. The van der Waals surface area contributed by atoms with Crippen molar-refractivity contribution in [2.45, 2.75) is 15.2 Å². The Hall–Kier alpha value is -5.91. The zero-order chi connectivity index (χ0) is 31.8. The topological polar surface area (TPSA) is 52.2 Å². The van der Waals surface area contributed by atoms with Crippen molar-refractivity contribution in [3.63, 3.8) is 0 Å². The van der Waals surface area contributed by atoms with Gasteiger partial charge >= 0.3 is 0 Å². The summed E-state index contributed by atoms with van der Waals surface area (Å²) in [7, 11) is -3.87. The lowest BCUT2D eigenvalue weighted by atomic mass is 9.67. The SMILES string of the molecule is O=S1(=O)c2ccccc2C2(c3ccccc3-c3ccccc32)c2cc3c(cc21)c1ccccc1n3-c1cccc2c1oc1ccccc12. The minimum absolute atomic E-state index is 0.352. The Morgan fingerprint density at radius 3 is 1.90 bits per heavy atom. The van der Waals surface area contributed by atoms with Crippen LogP contribution in [0.4, 0.5) is 0 Å². The molecule has 0 saturated carbocycles. The highest BCUT2D eigenvalue weighted by Crippen LogP contribution is 2.61. The van der Waals surface area contributed by atoms with Crippen LogP contribution in [0, 0.1) is 0 Å². The molecule has 1 spiro atoms. The van der Waals surface area contributed by atoms with Gasteiger partial charge in [0.1, 0.15) is 5.58 Å². The third-order valence-electron chi connectivity index (χ3n) is 10.6. The average Bonchev–Trinajstić information content (AvgIpc) is 3.77. The number of fused-ring (bicyclic) bond motifs is 15. The Balaban J connectivity index is 1.35. The minimum Gasteiger partial charge on any atom is -0.454 e. The Kier molecular flexibility index (Phi) is 4.86. The van der Waals surface area contributed by atoms with Crippen LogP contribution < -0.4 is 0 Å². The predicted molar refractivity (Wildman–Crippen MR) is 191 cm³/mol. The minimum atomic E-state index is -3.87. The summed E-state index contributed by atoms with van der Waals surface area (Å²) in [5.41, 5.74) is 9.62. The lowest BCUT2D eigenvalue weighted by Crippen LogP contribution is -2.36. The lowest BCUT2D eigenvalue weighted by molar-refractivity contribution is 0.581. The lowest BCUT2D eigenvalue weighted by Gasteiger charge is -2.39. The monoisotopic (exact) mass is 635 g/mol. The normalized spacial score (nSPS) is 15.2. The summed E-state index contributed by atoms with van der Waals surface area (Å²) in [6, 6.07) is 51.2. The average molecular weight is 636 g/mol. The molecule has 0 N–H and O–H groups in total. The van der Waals surface area contributed by atoms with Crippen molar-refractivity contribution in [2.75, 3.05) is 0 Å². The van der Waals surface area contributed by atoms with Crippen molar-refractivity contribution < 1.29 is 12.8 Å². The van der Waals surface area contributed by atoms with Crippen molar-refractivity contribution in [2.24, 2.45) is 0 Å². The second kappa shape index (κ2) is 8.91. The molecule has 0 saturated heterocycles. The maximum atomic E-state index is 14.8. The summed E-state index contributed by atoms with van der Waals surface area (Å²) in [5.74, 6) is 0. The molecule has 226 valence electrons. The van der Waals surface area contributed by atoms with Gasteiger partial charge in [-0.05, 0) is 69.8 Å². The second-order valence-electron chi connectivity index (χ2n) is 12.8. The third-order valence-corrected chi connectivity index (χ3v) is 12.5. The van der Waals surface area contributed by atoms with Gasteiger partial charge in [-0.3, -0.25) is 0 Å². The molecule has 3 heterocycles. The summed E-state index contributed by atoms with van der Waals surface area (Å²) < 4.78 is 38.4. The zero-order valence-corrected chi connectivity index (χ0v) is 26.3. The summed E-state index contributed by atoms with van der Waals surface area (Å²) >= 11 is 0. The zero-order valence-electron chi connectivity index (χ0n) is 25.5. The number of benzene rings is 7. The van der Waals surface area contributed by atoms with E-state index in [1.807, 2.05) is 54.6 Å². The quantitative estimate of drug-likeness (QED) is 0.180. The van der Waals surface area contributed by atoms with Crippen molar-refractivity contribution >= 4 is 53.6 Å². The van der Waals surface area contributed by atoms with Crippen LogP contribution in [-0.4, -0.2) is 13.0 Å². The van der Waals surface area contributed by atoms with E-state index >= 15 is 0 Å². The fourth-order valence-corrected chi connectivity index (χ4v) is 10.5. The van der Waals surface area contributed by atoms with E-state index in [1.54, 1.807) is 6.07 Å². The third kappa shape index (κ3) is 2.99.